The minimum absolute atomic E-state index is 0.290. The molecule has 0 aliphatic carbocycles. The van der Waals surface area contributed by atoms with Crippen LogP contribution in [0.3, 0.4) is 0 Å². The largest absolute Gasteiger partial charge is 0.358 e. The van der Waals surface area contributed by atoms with Gasteiger partial charge in [-0.25, -0.2) is 24.5 Å². The van der Waals surface area contributed by atoms with E-state index >= 15 is 0 Å². The van der Waals surface area contributed by atoms with Gasteiger partial charge in [-0.1, -0.05) is 17.7 Å². The molecule has 30 heavy (non-hydrogen) atoms. The zero-order chi connectivity index (χ0) is 20.8. The summed E-state index contributed by atoms with van der Waals surface area (Å²) < 4.78 is 1.47. The maximum Gasteiger partial charge on any atom is 0.268 e. The van der Waals surface area contributed by atoms with Crippen LogP contribution >= 0.6 is 22.9 Å². The van der Waals surface area contributed by atoms with Crippen LogP contribution in [0, 0.1) is 6.92 Å². The predicted molar refractivity (Wildman–Crippen MR) is 116 cm³/mol. The molecule has 4 heterocycles. The van der Waals surface area contributed by atoms with Crippen LogP contribution < -0.4 is 10.9 Å². The molecule has 0 radical (unpaired) electrons. The van der Waals surface area contributed by atoms with Gasteiger partial charge >= 0.3 is 0 Å². The van der Waals surface area contributed by atoms with Crippen LogP contribution in [0.4, 0.5) is 5.82 Å². The minimum Gasteiger partial charge on any atom is -0.358 e. The van der Waals surface area contributed by atoms with E-state index in [4.69, 9.17) is 16.6 Å². The summed E-state index contributed by atoms with van der Waals surface area (Å²) in [5, 5.41) is 11.1. The van der Waals surface area contributed by atoms with Crippen LogP contribution in [0.2, 0.25) is 5.02 Å². The van der Waals surface area contributed by atoms with Gasteiger partial charge in [0.2, 0.25) is 0 Å². The smallest absolute Gasteiger partial charge is 0.268 e. The van der Waals surface area contributed by atoms with Gasteiger partial charge < -0.3 is 5.32 Å². The van der Waals surface area contributed by atoms with Crippen LogP contribution in [0.15, 0.2) is 40.9 Å². The highest BCUT2D eigenvalue weighted by Crippen LogP contribution is 2.26. The van der Waals surface area contributed by atoms with Gasteiger partial charge in [-0.3, -0.25) is 9.89 Å². The summed E-state index contributed by atoms with van der Waals surface area (Å²) in [6.07, 6.45) is 1.48. The fourth-order valence-electron chi connectivity index (χ4n) is 3.31. The van der Waals surface area contributed by atoms with Gasteiger partial charge in [0.15, 0.2) is 11.6 Å². The maximum atomic E-state index is 13.4. The first-order valence-electron chi connectivity index (χ1n) is 9.07. The summed E-state index contributed by atoms with van der Waals surface area (Å²) in [7, 11) is 0. The third-order valence-corrected chi connectivity index (χ3v) is 5.72. The number of nitrogens with one attached hydrogen (secondary N) is 2. The van der Waals surface area contributed by atoms with Gasteiger partial charge in [-0.2, -0.15) is 5.10 Å². The van der Waals surface area contributed by atoms with E-state index in [2.05, 4.69) is 30.5 Å². The summed E-state index contributed by atoms with van der Waals surface area (Å²) >= 11 is 7.75. The SMILES string of the molecule is Cc1cc(-n2c([C@H](C)Nc3ncnc4scnc34)nc3cccc(Cl)c3c2=O)n[nH]1. The first kappa shape index (κ1) is 18.6. The average Bonchev–Trinajstić information content (AvgIpc) is 3.37. The number of aromatic amines is 1. The maximum absolute atomic E-state index is 13.4. The van der Waals surface area contributed by atoms with Crippen LogP contribution in [0.1, 0.15) is 24.5 Å². The summed E-state index contributed by atoms with van der Waals surface area (Å²) in [5.74, 6) is 1.49. The molecule has 0 amide bonds. The monoisotopic (exact) mass is 438 g/mol. The second-order valence-corrected chi connectivity index (χ2v) is 7.99. The highest BCUT2D eigenvalue weighted by atomic mass is 35.5. The van der Waals surface area contributed by atoms with Crippen molar-refractivity contribution in [2.75, 3.05) is 5.32 Å². The van der Waals surface area contributed by atoms with E-state index < -0.39 is 6.04 Å². The fraction of sp³-hybridized carbons (Fsp3) is 0.158. The Hall–Kier alpha value is -3.37. The summed E-state index contributed by atoms with van der Waals surface area (Å²) in [5.41, 5.74) is 3.43. The molecule has 0 aliphatic heterocycles. The molecule has 11 heteroatoms. The number of hydrogen-bond donors (Lipinski definition) is 2. The molecule has 2 N–H and O–H groups in total. The fourth-order valence-corrected chi connectivity index (χ4v) is 4.18. The third-order valence-electron chi connectivity index (χ3n) is 4.67. The number of aromatic nitrogens is 7. The van der Waals surface area contributed by atoms with Gasteiger partial charge in [0.25, 0.3) is 5.56 Å². The molecule has 0 unspecified atom stereocenters. The zero-order valence-corrected chi connectivity index (χ0v) is 17.5. The Bertz CT molecular complexity index is 1460. The van der Waals surface area contributed by atoms with Crippen molar-refractivity contribution in [3.8, 4) is 5.82 Å². The first-order valence-corrected chi connectivity index (χ1v) is 10.3. The molecule has 150 valence electrons. The minimum atomic E-state index is -0.391. The molecule has 0 bridgehead atoms. The predicted octanol–water partition coefficient (Wildman–Crippen LogP) is 3.64. The van der Waals surface area contributed by atoms with Crippen LogP contribution in [0.5, 0.6) is 0 Å². The molecule has 1 aromatic carbocycles. The van der Waals surface area contributed by atoms with Crippen LogP contribution in [-0.4, -0.2) is 34.7 Å². The van der Waals surface area contributed by atoms with E-state index in [1.807, 2.05) is 13.8 Å². The number of nitrogens with zero attached hydrogens (tertiary/aromatic N) is 6. The van der Waals surface area contributed by atoms with Crippen molar-refractivity contribution < 1.29 is 0 Å². The van der Waals surface area contributed by atoms with Crippen molar-refractivity contribution >= 4 is 50.0 Å². The zero-order valence-electron chi connectivity index (χ0n) is 15.9. The molecule has 0 fully saturated rings. The molecular weight excluding hydrogens is 424 g/mol. The van der Waals surface area contributed by atoms with Gasteiger partial charge in [-0.05, 0) is 26.0 Å². The van der Waals surface area contributed by atoms with E-state index in [0.29, 0.717) is 38.9 Å². The Kier molecular flexibility index (Phi) is 4.44. The normalized spacial score (nSPS) is 12.5. The number of thiazole rings is 1. The third kappa shape index (κ3) is 3.01. The second kappa shape index (κ2) is 7.15. The lowest BCUT2D eigenvalue weighted by Crippen LogP contribution is -2.28. The van der Waals surface area contributed by atoms with E-state index in [1.165, 1.54) is 22.2 Å². The molecule has 5 rings (SSSR count). The Balaban J connectivity index is 1.71. The number of rotatable bonds is 4. The standard InChI is InChI=1S/C19H15ClN8OS/c1-9-6-13(27-26-9)28-17(25-12-5-3-4-11(20)14(12)19(28)29)10(2)24-16-15-18(22-7-21-16)30-8-23-15/h3-8,10H,1-2H3,(H,26,27)(H,21,22,24)/t10-/m0/s1. The molecule has 0 saturated heterocycles. The number of H-pyrrole nitrogens is 1. The summed E-state index contributed by atoms with van der Waals surface area (Å²) in [4.78, 5) is 31.8. The molecule has 1 atom stereocenters. The molecule has 9 nitrogen and oxygen atoms in total. The van der Waals surface area contributed by atoms with Gasteiger partial charge in [0.1, 0.15) is 22.5 Å². The van der Waals surface area contributed by atoms with E-state index in [1.54, 1.807) is 29.8 Å². The molecule has 0 aliphatic rings. The Morgan fingerprint density at radius 2 is 2.13 bits per heavy atom. The number of benzene rings is 1. The lowest BCUT2D eigenvalue weighted by molar-refractivity contribution is 0.720. The van der Waals surface area contributed by atoms with Crippen molar-refractivity contribution in [3.05, 3.63) is 63.0 Å². The Labute approximate surface area is 178 Å². The number of hydrogen-bond acceptors (Lipinski definition) is 8. The van der Waals surface area contributed by atoms with Crippen molar-refractivity contribution in [2.45, 2.75) is 19.9 Å². The number of fused-ring (bicyclic) bond motifs is 2. The molecule has 5 aromatic rings. The topological polar surface area (TPSA) is 114 Å². The van der Waals surface area contributed by atoms with Gasteiger partial charge in [0.05, 0.1) is 27.5 Å². The number of aryl methyl sites for hydroxylation is 1. The summed E-state index contributed by atoms with van der Waals surface area (Å²) in [6.45, 7) is 3.76. The Morgan fingerprint density at radius 1 is 1.27 bits per heavy atom. The number of anilines is 1. The van der Waals surface area contributed by atoms with E-state index in [9.17, 15) is 4.79 Å². The second-order valence-electron chi connectivity index (χ2n) is 6.75. The van der Waals surface area contributed by atoms with Crippen molar-refractivity contribution in [2.24, 2.45) is 0 Å². The van der Waals surface area contributed by atoms with Crippen molar-refractivity contribution in [3.63, 3.8) is 0 Å². The van der Waals surface area contributed by atoms with Crippen LogP contribution in [-0.2, 0) is 0 Å². The molecular formula is C19H15ClN8OS. The quantitative estimate of drug-likeness (QED) is 0.440. The lowest BCUT2D eigenvalue weighted by atomic mass is 10.2. The average molecular weight is 439 g/mol. The summed E-state index contributed by atoms with van der Waals surface area (Å²) in [6, 6.07) is 6.60. The van der Waals surface area contributed by atoms with Gasteiger partial charge in [0, 0.05) is 11.8 Å². The highest BCUT2D eigenvalue weighted by Gasteiger charge is 2.22. The molecule has 0 saturated carbocycles. The molecule has 4 aromatic heterocycles. The van der Waals surface area contributed by atoms with Crippen molar-refractivity contribution in [1.82, 2.24) is 34.7 Å². The molecule has 0 spiro atoms. The number of halogens is 1. The Morgan fingerprint density at radius 3 is 2.93 bits per heavy atom. The highest BCUT2D eigenvalue weighted by molar-refractivity contribution is 7.16. The van der Waals surface area contributed by atoms with Crippen LogP contribution in [0.25, 0.3) is 27.1 Å². The van der Waals surface area contributed by atoms with E-state index in [-0.39, 0.29) is 5.56 Å². The van der Waals surface area contributed by atoms with Gasteiger partial charge in [-0.15, -0.1) is 11.3 Å². The first-order chi connectivity index (χ1) is 14.5. The van der Waals surface area contributed by atoms with E-state index in [0.717, 1.165) is 10.5 Å². The van der Waals surface area contributed by atoms with Crippen molar-refractivity contribution in [1.29, 1.82) is 0 Å². The lowest BCUT2D eigenvalue weighted by Gasteiger charge is -2.19.